The van der Waals surface area contributed by atoms with Crippen molar-refractivity contribution in [2.45, 2.75) is 45.7 Å². The molecule has 1 heterocycles. The van der Waals surface area contributed by atoms with Gasteiger partial charge in [-0.25, -0.2) is 9.78 Å². The van der Waals surface area contributed by atoms with Crippen LogP contribution in [0.2, 0.25) is 0 Å². The fourth-order valence-corrected chi connectivity index (χ4v) is 1.85. The first-order chi connectivity index (χ1) is 9.90. The van der Waals surface area contributed by atoms with Crippen molar-refractivity contribution < 1.29 is 14.7 Å². The van der Waals surface area contributed by atoms with Crippen LogP contribution >= 0.6 is 0 Å². The van der Waals surface area contributed by atoms with Crippen molar-refractivity contribution in [3.05, 3.63) is 12.2 Å². The van der Waals surface area contributed by atoms with Gasteiger partial charge in [0.2, 0.25) is 0 Å². The summed E-state index contributed by atoms with van der Waals surface area (Å²) < 4.78 is 0. The van der Waals surface area contributed by atoms with Gasteiger partial charge in [-0.1, -0.05) is 13.3 Å². The number of hydrogen-bond donors (Lipinski definition) is 3. The molecule has 0 aromatic carbocycles. The van der Waals surface area contributed by atoms with Gasteiger partial charge >= 0.3 is 12.0 Å². The van der Waals surface area contributed by atoms with E-state index in [4.69, 9.17) is 5.11 Å². The summed E-state index contributed by atoms with van der Waals surface area (Å²) in [6.45, 7) is 3.96. The average Bonchev–Trinajstić information content (AvgIpc) is 2.91. The quantitative estimate of drug-likeness (QED) is 0.668. The number of aliphatic carboxylic acids is 1. The molecular weight excluding hydrogens is 274 g/mol. The summed E-state index contributed by atoms with van der Waals surface area (Å²) in [5.41, 5.74) is 0. The molecule has 1 aromatic heterocycles. The number of amides is 2. The summed E-state index contributed by atoms with van der Waals surface area (Å²) in [7, 11) is 1.68. The molecule has 8 nitrogen and oxygen atoms in total. The van der Waals surface area contributed by atoms with E-state index >= 15 is 0 Å². The topological polar surface area (TPSA) is 111 Å². The maximum atomic E-state index is 11.9. The Morgan fingerprint density at radius 1 is 1.43 bits per heavy atom. The van der Waals surface area contributed by atoms with Crippen LogP contribution in [0.4, 0.5) is 4.79 Å². The molecule has 3 N–H and O–H groups in total. The van der Waals surface area contributed by atoms with Crippen LogP contribution in [0.5, 0.6) is 0 Å². The predicted molar refractivity (Wildman–Crippen MR) is 76.5 cm³/mol. The monoisotopic (exact) mass is 297 g/mol. The smallest absolute Gasteiger partial charge is 0.317 e. The minimum absolute atomic E-state index is 0.00401. The van der Waals surface area contributed by atoms with E-state index in [0.29, 0.717) is 18.8 Å². The molecule has 2 unspecified atom stereocenters. The fraction of sp³-hybridized carbons (Fsp3) is 0.692. The lowest BCUT2D eigenvalue weighted by atomic mass is 10.0. The number of nitrogens with one attached hydrogen (secondary N) is 2. The largest absolute Gasteiger partial charge is 0.481 e. The van der Waals surface area contributed by atoms with Crippen molar-refractivity contribution in [3.63, 3.8) is 0 Å². The lowest BCUT2D eigenvalue weighted by Crippen LogP contribution is -2.41. The number of carbonyl (C=O) groups excluding carboxylic acids is 1. The maximum absolute atomic E-state index is 11.9. The van der Waals surface area contributed by atoms with E-state index < -0.39 is 5.97 Å². The number of aromatic nitrogens is 3. The van der Waals surface area contributed by atoms with Crippen molar-refractivity contribution in [2.24, 2.45) is 5.92 Å². The van der Waals surface area contributed by atoms with Gasteiger partial charge in [-0.05, 0) is 19.8 Å². The molecule has 0 saturated heterocycles. The van der Waals surface area contributed by atoms with E-state index in [1.165, 1.54) is 11.2 Å². The Morgan fingerprint density at radius 2 is 2.14 bits per heavy atom. The summed E-state index contributed by atoms with van der Waals surface area (Å²) in [5, 5.41) is 18.1. The van der Waals surface area contributed by atoms with Gasteiger partial charge < -0.3 is 15.3 Å². The van der Waals surface area contributed by atoms with E-state index in [1.807, 2.05) is 6.92 Å². The third-order valence-electron chi connectivity index (χ3n) is 3.26. The number of carboxylic acid groups (broad SMARTS) is 1. The second-order valence-corrected chi connectivity index (χ2v) is 5.31. The Hall–Kier alpha value is -2.12. The Kier molecular flexibility index (Phi) is 6.64. The normalized spacial score (nSPS) is 13.5. The lowest BCUT2D eigenvalue weighted by Gasteiger charge is -2.20. The summed E-state index contributed by atoms with van der Waals surface area (Å²) in [6, 6.07) is -0.194. The fourth-order valence-electron chi connectivity index (χ4n) is 1.85. The van der Waals surface area contributed by atoms with Crippen LogP contribution < -0.4 is 5.32 Å². The molecule has 0 aliphatic heterocycles. The molecule has 0 aliphatic carbocycles. The Labute approximate surface area is 123 Å². The molecule has 1 aromatic rings. The zero-order valence-corrected chi connectivity index (χ0v) is 12.7. The van der Waals surface area contributed by atoms with Gasteiger partial charge in [0.25, 0.3) is 0 Å². The van der Waals surface area contributed by atoms with Gasteiger partial charge in [0, 0.05) is 13.1 Å². The molecule has 2 amide bonds. The van der Waals surface area contributed by atoms with Gasteiger partial charge in [0.05, 0.1) is 12.5 Å². The highest BCUT2D eigenvalue weighted by Gasteiger charge is 2.15. The molecule has 0 spiro atoms. The molecule has 0 aliphatic rings. The van der Waals surface area contributed by atoms with Gasteiger partial charge in [-0.3, -0.25) is 9.89 Å². The number of urea groups is 1. The van der Waals surface area contributed by atoms with E-state index in [-0.39, 0.29) is 18.0 Å². The SMILES string of the molecule is CC(CCCC(C)C(=O)O)NC(=O)N(C)Cc1ncn[nH]1. The number of aromatic amines is 1. The first-order valence-electron chi connectivity index (χ1n) is 6.98. The Bertz CT molecular complexity index is 449. The zero-order valence-electron chi connectivity index (χ0n) is 12.7. The van der Waals surface area contributed by atoms with E-state index in [0.717, 1.165) is 12.8 Å². The first-order valence-corrected chi connectivity index (χ1v) is 6.98. The van der Waals surface area contributed by atoms with Crippen molar-refractivity contribution >= 4 is 12.0 Å². The summed E-state index contributed by atoms with van der Waals surface area (Å²) in [5.74, 6) is -0.504. The van der Waals surface area contributed by atoms with Crippen LogP contribution in [0.1, 0.15) is 38.9 Å². The van der Waals surface area contributed by atoms with E-state index in [9.17, 15) is 9.59 Å². The zero-order chi connectivity index (χ0) is 15.8. The summed E-state index contributed by atoms with van der Waals surface area (Å²) >= 11 is 0. The minimum Gasteiger partial charge on any atom is -0.481 e. The van der Waals surface area contributed by atoms with E-state index in [1.54, 1.807) is 14.0 Å². The van der Waals surface area contributed by atoms with Crippen LogP contribution in [-0.4, -0.2) is 50.3 Å². The molecule has 0 fully saturated rings. The standard InChI is InChI=1S/C13H23N5O3/c1-9(12(19)20)5-4-6-10(2)16-13(21)18(3)7-11-14-8-15-17-11/h8-10H,4-7H2,1-3H3,(H,16,21)(H,19,20)(H,14,15,17). The minimum atomic E-state index is -0.779. The van der Waals surface area contributed by atoms with Crippen LogP contribution in [0, 0.1) is 5.92 Å². The highest BCUT2D eigenvalue weighted by molar-refractivity contribution is 5.74. The second-order valence-electron chi connectivity index (χ2n) is 5.31. The molecule has 8 heteroatoms. The maximum Gasteiger partial charge on any atom is 0.317 e. The van der Waals surface area contributed by atoms with Gasteiger partial charge in [-0.2, -0.15) is 5.10 Å². The Balaban J connectivity index is 2.25. The Morgan fingerprint density at radius 3 is 2.71 bits per heavy atom. The molecule has 0 radical (unpaired) electrons. The van der Waals surface area contributed by atoms with Crippen molar-refractivity contribution in [1.29, 1.82) is 0 Å². The van der Waals surface area contributed by atoms with E-state index in [2.05, 4.69) is 20.5 Å². The van der Waals surface area contributed by atoms with Crippen molar-refractivity contribution in [3.8, 4) is 0 Å². The van der Waals surface area contributed by atoms with Gasteiger partial charge in [0.1, 0.15) is 12.2 Å². The second kappa shape index (κ2) is 8.23. The highest BCUT2D eigenvalue weighted by atomic mass is 16.4. The molecule has 0 bridgehead atoms. The number of carbonyl (C=O) groups is 2. The van der Waals surface area contributed by atoms with Crippen LogP contribution in [0.3, 0.4) is 0 Å². The van der Waals surface area contributed by atoms with Gasteiger partial charge in [0.15, 0.2) is 0 Å². The molecular formula is C13H23N5O3. The number of hydrogen-bond acceptors (Lipinski definition) is 4. The van der Waals surface area contributed by atoms with Gasteiger partial charge in [-0.15, -0.1) is 0 Å². The average molecular weight is 297 g/mol. The molecule has 1 rings (SSSR count). The number of H-pyrrole nitrogens is 1. The molecule has 21 heavy (non-hydrogen) atoms. The number of rotatable bonds is 8. The van der Waals surface area contributed by atoms with Crippen LogP contribution in [0.15, 0.2) is 6.33 Å². The third kappa shape index (κ3) is 6.24. The van der Waals surface area contributed by atoms with Crippen molar-refractivity contribution in [1.82, 2.24) is 25.4 Å². The third-order valence-corrected chi connectivity index (χ3v) is 3.26. The molecule has 0 saturated carbocycles. The summed E-state index contributed by atoms with van der Waals surface area (Å²) in [4.78, 5) is 28.1. The first kappa shape index (κ1) is 16.9. The highest BCUT2D eigenvalue weighted by Crippen LogP contribution is 2.09. The predicted octanol–water partition coefficient (Wildman–Crippen LogP) is 1.23. The number of carboxylic acids is 1. The lowest BCUT2D eigenvalue weighted by molar-refractivity contribution is -0.141. The molecule has 118 valence electrons. The van der Waals surface area contributed by atoms with Crippen LogP contribution in [-0.2, 0) is 11.3 Å². The van der Waals surface area contributed by atoms with Crippen molar-refractivity contribution in [2.75, 3.05) is 7.05 Å². The summed E-state index contributed by atoms with van der Waals surface area (Å²) in [6.07, 6.45) is 3.52. The van der Waals surface area contributed by atoms with Crippen LogP contribution in [0.25, 0.3) is 0 Å². The number of nitrogens with zero attached hydrogens (tertiary/aromatic N) is 3. The molecule has 2 atom stereocenters.